The minimum atomic E-state index is -0.836. The van der Waals surface area contributed by atoms with Crippen molar-refractivity contribution in [3.63, 3.8) is 0 Å². The molecule has 10 heteroatoms. The number of amides is 2. The first-order valence-corrected chi connectivity index (χ1v) is 14.5. The Morgan fingerprint density at radius 3 is 2.73 bits per heavy atom. The maximum Gasteiger partial charge on any atom is 0.404 e. The lowest BCUT2D eigenvalue weighted by Crippen LogP contribution is -2.46. The highest BCUT2D eigenvalue weighted by Crippen LogP contribution is 2.58. The van der Waals surface area contributed by atoms with Crippen LogP contribution in [0, 0.1) is 5.92 Å². The zero-order valence-electron chi connectivity index (χ0n) is 22.9. The molecule has 10 nitrogen and oxygen atoms in total. The fraction of sp³-hybridized carbons (Fsp3) is 0.452. The average Bonchev–Trinajstić information content (AvgIpc) is 3.67. The van der Waals surface area contributed by atoms with Crippen molar-refractivity contribution >= 4 is 29.2 Å². The minimum absolute atomic E-state index is 0.168. The molecule has 4 atom stereocenters. The molecule has 214 valence electrons. The Labute approximate surface area is 237 Å². The molecule has 2 aliphatic heterocycles. The van der Waals surface area contributed by atoms with Crippen LogP contribution in [0.3, 0.4) is 0 Å². The summed E-state index contributed by atoms with van der Waals surface area (Å²) in [6.45, 7) is 2.12. The summed E-state index contributed by atoms with van der Waals surface area (Å²) in [5, 5.41) is 1.05. The summed E-state index contributed by atoms with van der Waals surface area (Å²) in [6, 6.07) is 11.2. The van der Waals surface area contributed by atoms with Crippen LogP contribution in [0.25, 0.3) is 10.9 Å². The van der Waals surface area contributed by atoms with Crippen LogP contribution < -0.4 is 21.9 Å². The molecule has 2 fully saturated rings. The third kappa shape index (κ3) is 4.28. The number of nitrogens with zero attached hydrogens (tertiary/aromatic N) is 2. The highest BCUT2D eigenvalue weighted by Gasteiger charge is 2.54. The van der Waals surface area contributed by atoms with Gasteiger partial charge in [-0.2, -0.15) is 0 Å². The van der Waals surface area contributed by atoms with E-state index in [4.69, 9.17) is 26.7 Å². The molecule has 1 saturated carbocycles. The number of aromatic nitrogens is 1. The first-order chi connectivity index (χ1) is 19.8. The largest absolute Gasteiger partial charge is 0.493 e. The van der Waals surface area contributed by atoms with E-state index in [9.17, 15) is 14.4 Å². The van der Waals surface area contributed by atoms with Gasteiger partial charge in [0.25, 0.3) is 5.91 Å². The van der Waals surface area contributed by atoms with E-state index >= 15 is 0 Å². The topological polar surface area (TPSA) is 156 Å². The monoisotopic (exact) mass is 557 g/mol. The molecule has 41 heavy (non-hydrogen) atoms. The van der Waals surface area contributed by atoms with E-state index in [1.54, 1.807) is 11.0 Å². The van der Waals surface area contributed by atoms with Crippen LogP contribution in [0.5, 0.6) is 5.75 Å². The second-order valence-electron chi connectivity index (χ2n) is 12.1. The van der Waals surface area contributed by atoms with Crippen molar-refractivity contribution in [3.8, 4) is 5.75 Å². The average molecular weight is 558 g/mol. The van der Waals surface area contributed by atoms with Gasteiger partial charge in [0.1, 0.15) is 18.1 Å². The smallest absolute Gasteiger partial charge is 0.404 e. The summed E-state index contributed by atoms with van der Waals surface area (Å²) in [5.41, 5.74) is 23.8. The van der Waals surface area contributed by atoms with Gasteiger partial charge < -0.3 is 36.1 Å². The number of nitrogens with two attached hydrogens (primary N) is 3. The number of carbonyl (C=O) groups is 3. The molecule has 0 radical (unpaired) electrons. The van der Waals surface area contributed by atoms with Crippen LogP contribution in [0.15, 0.2) is 36.4 Å². The first kappa shape index (κ1) is 26.0. The van der Waals surface area contributed by atoms with E-state index in [2.05, 4.69) is 10.6 Å². The number of carbonyl (C=O) groups excluding carboxylic acids is 3. The summed E-state index contributed by atoms with van der Waals surface area (Å²) < 4.78 is 13.6. The molecule has 2 aliphatic carbocycles. The Bertz CT molecular complexity index is 1580. The summed E-state index contributed by atoms with van der Waals surface area (Å²) in [6.07, 6.45) is 3.96. The maximum atomic E-state index is 13.7. The third-order valence-electron chi connectivity index (χ3n) is 9.39. The molecular formula is C31H35N5O5. The molecule has 3 aromatic rings. The van der Waals surface area contributed by atoms with E-state index in [1.165, 1.54) is 12.8 Å². The van der Waals surface area contributed by atoms with Crippen molar-refractivity contribution in [1.29, 1.82) is 0 Å². The predicted molar refractivity (Wildman–Crippen MR) is 152 cm³/mol. The van der Waals surface area contributed by atoms with Crippen LogP contribution in [0.4, 0.5) is 4.79 Å². The molecule has 3 heterocycles. The fourth-order valence-electron chi connectivity index (χ4n) is 7.30. The lowest BCUT2D eigenvalue weighted by Gasteiger charge is -2.38. The van der Waals surface area contributed by atoms with Gasteiger partial charge in [-0.05, 0) is 66.8 Å². The second-order valence-corrected chi connectivity index (χ2v) is 12.1. The Morgan fingerprint density at radius 1 is 1.15 bits per heavy atom. The van der Waals surface area contributed by atoms with Crippen LogP contribution >= 0.6 is 0 Å². The number of likely N-dealkylation sites (tertiary alicyclic amines) is 1. The summed E-state index contributed by atoms with van der Waals surface area (Å²) in [7, 11) is 0. The summed E-state index contributed by atoms with van der Waals surface area (Å²) >= 11 is 0. The SMILES string of the molecule is NC(=O)O[C@@H]1CCCN(C(=O)c2cc3c4c(c2)C(N)C(c2cc5ccc(C=O)cc5n2CC2CC2)C4(N)CCO3)C1. The van der Waals surface area contributed by atoms with Crippen molar-refractivity contribution in [2.24, 2.45) is 23.1 Å². The van der Waals surface area contributed by atoms with Gasteiger partial charge in [-0.1, -0.05) is 12.1 Å². The van der Waals surface area contributed by atoms with Crippen molar-refractivity contribution in [2.45, 2.75) is 62.3 Å². The van der Waals surface area contributed by atoms with Gasteiger partial charge in [-0.25, -0.2) is 4.79 Å². The zero-order valence-corrected chi connectivity index (χ0v) is 22.9. The maximum absolute atomic E-state index is 13.7. The fourth-order valence-corrected chi connectivity index (χ4v) is 7.30. The lowest BCUT2D eigenvalue weighted by molar-refractivity contribution is 0.0373. The zero-order chi connectivity index (χ0) is 28.5. The molecule has 7 rings (SSSR count). The number of fused-ring (bicyclic) bond motifs is 1. The Hall–Kier alpha value is -3.89. The molecule has 3 unspecified atom stereocenters. The molecular weight excluding hydrogens is 522 g/mol. The van der Waals surface area contributed by atoms with Crippen LogP contribution in [-0.4, -0.2) is 53.6 Å². The Balaban J connectivity index is 1.29. The third-order valence-corrected chi connectivity index (χ3v) is 9.39. The molecule has 0 bridgehead atoms. The molecule has 4 aliphatic rings. The second kappa shape index (κ2) is 9.60. The molecule has 0 spiro atoms. The van der Waals surface area contributed by atoms with Crippen molar-refractivity contribution in [3.05, 3.63) is 64.3 Å². The minimum Gasteiger partial charge on any atom is -0.493 e. The van der Waals surface area contributed by atoms with E-state index in [1.807, 2.05) is 24.3 Å². The molecule has 1 aromatic heterocycles. The van der Waals surface area contributed by atoms with Gasteiger partial charge in [-0.3, -0.25) is 9.59 Å². The molecule has 2 aromatic carbocycles. The highest BCUT2D eigenvalue weighted by atomic mass is 16.6. The summed E-state index contributed by atoms with van der Waals surface area (Å²) in [5.74, 6) is 0.796. The van der Waals surface area contributed by atoms with E-state index in [0.29, 0.717) is 55.2 Å². The number of rotatable bonds is 6. The number of piperidine rings is 1. The number of benzene rings is 2. The standard InChI is InChI=1S/C31H35N5O5/c32-28-22-11-20(29(38)35-8-1-2-21(15-35)41-30(33)39)13-25-26(22)31(34,7-9-40-25)27(28)24-12-19-6-5-18(16-37)10-23(19)36(24)14-17-3-4-17/h5-6,10-13,16-17,21,27-28H,1-4,7-9,14-15,32,34H2,(H2,33,39)/t21-,27?,28?,31?/m1/s1. The van der Waals surface area contributed by atoms with Crippen molar-refractivity contribution < 1.29 is 23.9 Å². The van der Waals surface area contributed by atoms with Crippen LogP contribution in [0.1, 0.15) is 81.6 Å². The lowest BCUT2D eigenvalue weighted by atomic mass is 9.77. The van der Waals surface area contributed by atoms with Gasteiger partial charge in [0, 0.05) is 59.4 Å². The van der Waals surface area contributed by atoms with E-state index in [-0.39, 0.29) is 18.4 Å². The normalized spacial score (nSPS) is 26.9. The number of hydrogen-bond donors (Lipinski definition) is 3. The Kier molecular flexibility index (Phi) is 6.09. The van der Waals surface area contributed by atoms with Gasteiger partial charge in [0.05, 0.1) is 18.7 Å². The summed E-state index contributed by atoms with van der Waals surface area (Å²) in [4.78, 5) is 38.3. The van der Waals surface area contributed by atoms with E-state index in [0.717, 1.165) is 40.6 Å². The number of aldehydes is 1. The quantitative estimate of drug-likeness (QED) is 0.393. The van der Waals surface area contributed by atoms with Gasteiger partial charge in [0.2, 0.25) is 0 Å². The molecule has 6 N–H and O–H groups in total. The highest BCUT2D eigenvalue weighted by molar-refractivity contribution is 5.95. The van der Waals surface area contributed by atoms with Gasteiger partial charge in [0.15, 0.2) is 0 Å². The predicted octanol–water partition coefficient (Wildman–Crippen LogP) is 3.30. The van der Waals surface area contributed by atoms with E-state index < -0.39 is 23.8 Å². The molecule has 1 saturated heterocycles. The van der Waals surface area contributed by atoms with Gasteiger partial charge >= 0.3 is 6.09 Å². The van der Waals surface area contributed by atoms with Crippen molar-refractivity contribution in [2.75, 3.05) is 19.7 Å². The first-order valence-electron chi connectivity index (χ1n) is 14.5. The van der Waals surface area contributed by atoms with Crippen molar-refractivity contribution in [1.82, 2.24) is 9.47 Å². The van der Waals surface area contributed by atoms with Crippen LogP contribution in [-0.2, 0) is 16.8 Å². The molecule has 2 amide bonds. The Morgan fingerprint density at radius 2 is 1.98 bits per heavy atom. The van der Waals surface area contributed by atoms with Crippen LogP contribution in [0.2, 0.25) is 0 Å². The van der Waals surface area contributed by atoms with Gasteiger partial charge in [-0.15, -0.1) is 0 Å². The number of ether oxygens (including phenoxy) is 2. The number of primary amides is 1. The number of hydrogen-bond acceptors (Lipinski definition) is 7.